The van der Waals surface area contributed by atoms with E-state index in [2.05, 4.69) is 15.3 Å². The van der Waals surface area contributed by atoms with Gasteiger partial charge in [-0.3, -0.25) is 23.9 Å². The molecular weight excluding hydrogens is 408 g/mol. The van der Waals surface area contributed by atoms with Gasteiger partial charge in [0.1, 0.15) is 18.6 Å². The van der Waals surface area contributed by atoms with Gasteiger partial charge in [-0.1, -0.05) is 36.4 Å². The van der Waals surface area contributed by atoms with E-state index in [0.29, 0.717) is 17.1 Å². The van der Waals surface area contributed by atoms with Crippen LogP contribution in [0.25, 0.3) is 5.69 Å². The molecule has 32 heavy (non-hydrogen) atoms. The maximum Gasteiger partial charge on any atom is 0.270 e. The third-order valence-electron chi connectivity index (χ3n) is 4.98. The smallest absolute Gasteiger partial charge is 0.270 e. The van der Waals surface area contributed by atoms with Gasteiger partial charge in [-0.05, 0) is 31.2 Å². The molecule has 0 spiro atoms. The van der Waals surface area contributed by atoms with Crippen LogP contribution >= 0.6 is 0 Å². The number of nitrogens with two attached hydrogens (primary N) is 1. The molecule has 0 aliphatic carbocycles. The molecule has 4 rings (SSSR count). The summed E-state index contributed by atoms with van der Waals surface area (Å²) < 4.78 is 1.31. The topological polar surface area (TPSA) is 122 Å². The maximum atomic E-state index is 13.7. The molecule has 9 heteroatoms. The summed E-state index contributed by atoms with van der Waals surface area (Å²) in [7, 11) is 0. The molecule has 1 aliphatic heterocycles. The van der Waals surface area contributed by atoms with Crippen LogP contribution in [-0.4, -0.2) is 35.7 Å². The van der Waals surface area contributed by atoms with Crippen LogP contribution in [0.15, 0.2) is 75.4 Å². The van der Waals surface area contributed by atoms with Crippen molar-refractivity contribution in [3.63, 3.8) is 0 Å². The minimum atomic E-state index is -0.779. The van der Waals surface area contributed by atoms with E-state index in [0.717, 1.165) is 0 Å². The Morgan fingerprint density at radius 1 is 1.00 bits per heavy atom. The monoisotopic (exact) mass is 428 g/mol. The minimum Gasteiger partial charge on any atom is -0.365 e. The first-order valence-electron chi connectivity index (χ1n) is 9.78. The zero-order valence-corrected chi connectivity index (χ0v) is 17.2. The number of nitrogens with zero attached hydrogens (tertiary/aromatic N) is 4. The number of nitrogens with one attached hydrogen (secondary N) is 1. The van der Waals surface area contributed by atoms with Gasteiger partial charge in [-0.15, -0.1) is 0 Å². The average molecular weight is 428 g/mol. The van der Waals surface area contributed by atoms with Gasteiger partial charge in [0, 0.05) is 17.1 Å². The number of primary amides is 1. The molecule has 0 unspecified atom stereocenters. The second-order valence-electron chi connectivity index (χ2n) is 7.02. The van der Waals surface area contributed by atoms with E-state index < -0.39 is 17.4 Å². The zero-order chi connectivity index (χ0) is 22.7. The summed E-state index contributed by atoms with van der Waals surface area (Å²) in [5.41, 5.74) is 6.34. The van der Waals surface area contributed by atoms with Gasteiger partial charge in [0.15, 0.2) is 0 Å². The summed E-state index contributed by atoms with van der Waals surface area (Å²) in [6.07, 6.45) is 2.75. The number of rotatable bonds is 5. The van der Waals surface area contributed by atoms with Gasteiger partial charge in [0.05, 0.1) is 17.6 Å². The number of para-hydroxylation sites is 2. The second-order valence-corrected chi connectivity index (χ2v) is 7.02. The van der Waals surface area contributed by atoms with Gasteiger partial charge < -0.3 is 16.0 Å². The summed E-state index contributed by atoms with van der Waals surface area (Å²) in [6, 6.07) is 17.5. The lowest BCUT2D eigenvalue weighted by Crippen LogP contribution is -2.38. The quantitative estimate of drug-likeness (QED) is 0.647. The number of hydrogen-bond acceptors (Lipinski definition) is 6. The Labute approximate surface area is 183 Å². The third-order valence-corrected chi connectivity index (χ3v) is 4.98. The fourth-order valence-corrected chi connectivity index (χ4v) is 3.61. The molecule has 0 atom stereocenters. The lowest BCUT2D eigenvalue weighted by Gasteiger charge is -2.26. The zero-order valence-electron chi connectivity index (χ0n) is 17.2. The van der Waals surface area contributed by atoms with Crippen LogP contribution in [-0.2, 0) is 0 Å². The molecule has 2 amide bonds. The van der Waals surface area contributed by atoms with Gasteiger partial charge in [0.2, 0.25) is 0 Å². The van der Waals surface area contributed by atoms with Gasteiger partial charge in [0.25, 0.3) is 17.4 Å². The normalized spacial score (nSPS) is 12.6. The first kappa shape index (κ1) is 20.7. The molecule has 3 N–H and O–H groups in total. The summed E-state index contributed by atoms with van der Waals surface area (Å²) in [5.74, 6) is -1.45. The van der Waals surface area contributed by atoms with Crippen molar-refractivity contribution >= 4 is 35.9 Å². The third kappa shape index (κ3) is 3.79. The Bertz CT molecular complexity index is 1300. The summed E-state index contributed by atoms with van der Waals surface area (Å²) >= 11 is 0. The van der Waals surface area contributed by atoms with Gasteiger partial charge in [-0.25, -0.2) is 4.99 Å². The molecule has 1 aromatic heterocycles. The Morgan fingerprint density at radius 2 is 1.66 bits per heavy atom. The van der Waals surface area contributed by atoms with Crippen molar-refractivity contribution in [2.45, 2.75) is 6.92 Å². The predicted octanol–water partition coefficient (Wildman–Crippen LogP) is 2.33. The average Bonchev–Trinajstić information content (AvgIpc) is 2.80. The molecule has 0 bridgehead atoms. The molecule has 0 saturated carbocycles. The molecule has 2 heterocycles. The molecule has 0 radical (unpaired) electrons. The number of aromatic nitrogens is 1. The van der Waals surface area contributed by atoms with Crippen molar-refractivity contribution in [2.75, 3.05) is 16.9 Å². The highest BCUT2D eigenvalue weighted by Crippen LogP contribution is 2.28. The maximum absolute atomic E-state index is 13.7. The Kier molecular flexibility index (Phi) is 5.63. The highest BCUT2D eigenvalue weighted by molar-refractivity contribution is 6.14. The van der Waals surface area contributed by atoms with E-state index in [1.807, 2.05) is 6.07 Å². The predicted molar refractivity (Wildman–Crippen MR) is 124 cm³/mol. The van der Waals surface area contributed by atoms with Gasteiger partial charge >= 0.3 is 0 Å². The Morgan fingerprint density at radius 3 is 2.25 bits per heavy atom. The van der Waals surface area contributed by atoms with Crippen molar-refractivity contribution in [2.24, 2.45) is 15.7 Å². The number of benzene rings is 2. The van der Waals surface area contributed by atoms with E-state index in [1.165, 1.54) is 22.1 Å². The highest BCUT2D eigenvalue weighted by atomic mass is 16.2. The number of carbonyl (C=O) groups excluding carboxylic acids is 2. The number of amides is 2. The fraction of sp³-hybridized carbons (Fsp3) is 0.0870. The lowest BCUT2D eigenvalue weighted by molar-refractivity contribution is 0.0999. The molecule has 3 aromatic rings. The summed E-state index contributed by atoms with van der Waals surface area (Å²) in [4.78, 5) is 49.2. The minimum absolute atomic E-state index is 0.0372. The van der Waals surface area contributed by atoms with Crippen molar-refractivity contribution in [1.82, 2.24) is 4.57 Å². The number of hydrogen-bond donors (Lipinski definition) is 2. The highest BCUT2D eigenvalue weighted by Gasteiger charge is 2.30. The van der Waals surface area contributed by atoms with Crippen molar-refractivity contribution in [3.8, 4) is 5.69 Å². The molecule has 0 saturated heterocycles. The Hall–Kier alpha value is -4.53. The lowest BCUT2D eigenvalue weighted by atomic mass is 10.0. The first-order chi connectivity index (χ1) is 15.5. The molecule has 1 aliphatic rings. The van der Waals surface area contributed by atoms with Gasteiger partial charge in [-0.2, -0.15) is 0 Å². The molecule has 0 fully saturated rings. The van der Waals surface area contributed by atoms with Crippen molar-refractivity contribution in [3.05, 3.63) is 87.8 Å². The van der Waals surface area contributed by atoms with Crippen LogP contribution in [0.1, 0.15) is 26.4 Å². The van der Waals surface area contributed by atoms with Crippen LogP contribution in [0.4, 0.5) is 11.4 Å². The van der Waals surface area contributed by atoms with E-state index in [4.69, 9.17) is 5.73 Å². The van der Waals surface area contributed by atoms with Crippen LogP contribution in [0.3, 0.4) is 0 Å². The van der Waals surface area contributed by atoms with Crippen LogP contribution < -0.4 is 21.5 Å². The Balaban J connectivity index is 2.02. The molecule has 9 nitrogen and oxygen atoms in total. The van der Waals surface area contributed by atoms with Crippen LogP contribution in [0, 0.1) is 6.92 Å². The summed E-state index contributed by atoms with van der Waals surface area (Å²) in [6.45, 7) is 1.69. The summed E-state index contributed by atoms with van der Waals surface area (Å²) in [5, 5.41) is 2.73. The number of pyridine rings is 1. The van der Waals surface area contributed by atoms with Crippen molar-refractivity contribution < 1.29 is 9.59 Å². The first-order valence-corrected chi connectivity index (χ1v) is 9.78. The molecular formula is C23H20N6O3. The fourth-order valence-electron chi connectivity index (χ4n) is 3.61. The second kappa shape index (κ2) is 8.68. The van der Waals surface area contributed by atoms with Crippen LogP contribution in [0.5, 0.6) is 0 Å². The van der Waals surface area contributed by atoms with Crippen molar-refractivity contribution in [1.29, 1.82) is 0 Å². The van der Waals surface area contributed by atoms with E-state index in [-0.39, 0.29) is 23.5 Å². The van der Waals surface area contributed by atoms with E-state index in [9.17, 15) is 14.4 Å². The van der Waals surface area contributed by atoms with E-state index in [1.54, 1.807) is 61.5 Å². The SMILES string of the molecule is Cc1c(C(N)=O)c(N2C=NC=NC2)c(C(=O)Nc2ccccc2)c(=O)n1-c1ccccc1. The standard InChI is InChI=1S/C23H20N6O3/c1-15-18(21(24)30)20(28-13-25-12-26-14-28)19(22(31)27-16-8-4-2-5-9-16)23(32)29(15)17-10-6-3-7-11-17/h2-13H,14H2,1H3,(H2,24,30)(H,27,31). The number of carbonyl (C=O) groups is 2. The molecule has 160 valence electrons. The van der Waals surface area contributed by atoms with Crippen LogP contribution in [0.2, 0.25) is 0 Å². The number of aliphatic imine (C=N–C) groups is 2. The molecule has 2 aromatic carbocycles. The van der Waals surface area contributed by atoms with E-state index >= 15 is 0 Å². The number of anilines is 2. The largest absolute Gasteiger partial charge is 0.365 e.